The van der Waals surface area contributed by atoms with Gasteiger partial charge in [-0.15, -0.1) is 13.2 Å². The minimum Gasteiger partial charge on any atom is -0.406 e. The fourth-order valence-electron chi connectivity index (χ4n) is 1.36. The zero-order valence-corrected chi connectivity index (χ0v) is 11.0. The predicted octanol–water partition coefficient (Wildman–Crippen LogP) is 3.37. The number of hydrogen-bond donors (Lipinski definition) is 0. The zero-order chi connectivity index (χ0) is 13.8. The summed E-state index contributed by atoms with van der Waals surface area (Å²) in [4.78, 5) is 5.84. The van der Waals surface area contributed by atoms with E-state index in [1.807, 2.05) is 6.26 Å². The van der Waals surface area contributed by atoms with Gasteiger partial charge in [0, 0.05) is 19.8 Å². The van der Waals surface area contributed by atoms with Crippen LogP contribution >= 0.6 is 11.8 Å². The van der Waals surface area contributed by atoms with E-state index in [-0.39, 0.29) is 5.75 Å². The second kappa shape index (κ2) is 5.99. The number of nitrogens with zero attached hydrogens (tertiary/aromatic N) is 2. The van der Waals surface area contributed by atoms with E-state index >= 15 is 0 Å². The number of halogens is 3. The minimum absolute atomic E-state index is 0.237. The van der Waals surface area contributed by atoms with Gasteiger partial charge in [0.05, 0.1) is 0 Å². The summed E-state index contributed by atoms with van der Waals surface area (Å²) < 4.78 is 39.7. The van der Waals surface area contributed by atoms with Crippen molar-refractivity contribution in [1.82, 2.24) is 0 Å². The topological polar surface area (TPSA) is 24.8 Å². The molecule has 0 fully saturated rings. The normalized spacial score (nSPS) is 12.4. The molecule has 0 atom stereocenters. The van der Waals surface area contributed by atoms with Crippen LogP contribution in [0.4, 0.5) is 18.9 Å². The average molecular weight is 278 g/mol. The third-order valence-corrected chi connectivity index (χ3v) is 2.94. The lowest BCUT2D eigenvalue weighted by molar-refractivity contribution is -0.274. The number of thioether (sulfide) groups is 1. The van der Waals surface area contributed by atoms with Crippen LogP contribution < -0.4 is 9.64 Å². The van der Waals surface area contributed by atoms with Crippen molar-refractivity contribution in [1.29, 1.82) is 0 Å². The molecule has 0 spiro atoms. The molecule has 7 heteroatoms. The molecule has 0 aliphatic carbocycles. The summed E-state index contributed by atoms with van der Waals surface area (Å²) in [5, 5.41) is 0.763. The summed E-state index contributed by atoms with van der Waals surface area (Å²) >= 11 is 1.45. The van der Waals surface area contributed by atoms with E-state index in [0.29, 0.717) is 0 Å². The average Bonchev–Trinajstić information content (AvgIpc) is 2.29. The van der Waals surface area contributed by atoms with Gasteiger partial charge in [-0.3, -0.25) is 4.99 Å². The smallest absolute Gasteiger partial charge is 0.406 e. The highest BCUT2D eigenvalue weighted by Gasteiger charge is 2.31. The highest BCUT2D eigenvalue weighted by atomic mass is 32.2. The molecule has 0 amide bonds. The van der Waals surface area contributed by atoms with Crippen molar-refractivity contribution in [3.63, 3.8) is 0 Å². The fourth-order valence-corrected chi connectivity index (χ4v) is 1.92. The van der Waals surface area contributed by atoms with Crippen molar-refractivity contribution in [2.45, 2.75) is 6.36 Å². The van der Waals surface area contributed by atoms with E-state index in [2.05, 4.69) is 9.73 Å². The highest BCUT2D eigenvalue weighted by Crippen LogP contribution is 2.25. The van der Waals surface area contributed by atoms with Gasteiger partial charge in [-0.25, -0.2) is 0 Å². The van der Waals surface area contributed by atoms with Gasteiger partial charge in [0.2, 0.25) is 0 Å². The SMILES string of the molecule is CN=C(SC)N(C)c1ccc(OC(F)(F)F)cc1. The molecule has 0 aliphatic rings. The number of rotatable bonds is 2. The molecule has 0 heterocycles. The second-order valence-electron chi connectivity index (χ2n) is 3.31. The molecule has 0 aromatic heterocycles. The lowest BCUT2D eigenvalue weighted by Crippen LogP contribution is -2.23. The lowest BCUT2D eigenvalue weighted by Gasteiger charge is -2.19. The third kappa shape index (κ3) is 4.14. The number of ether oxygens (including phenoxy) is 1. The molecule has 0 unspecified atom stereocenters. The molecule has 1 rings (SSSR count). The first-order valence-electron chi connectivity index (χ1n) is 4.97. The first-order valence-corrected chi connectivity index (χ1v) is 6.20. The van der Waals surface area contributed by atoms with Crippen LogP contribution in [-0.4, -0.2) is 31.9 Å². The van der Waals surface area contributed by atoms with E-state index in [9.17, 15) is 13.2 Å². The standard InChI is InChI=1S/C11H13F3N2OS/c1-15-10(18-3)16(2)8-4-6-9(7-5-8)17-11(12,13)14/h4-7H,1-3H3. The van der Waals surface area contributed by atoms with Crippen molar-refractivity contribution in [3.8, 4) is 5.75 Å². The summed E-state index contributed by atoms with van der Waals surface area (Å²) in [6.07, 6.45) is -2.79. The van der Waals surface area contributed by atoms with Gasteiger partial charge in [0.15, 0.2) is 5.17 Å². The Kier molecular flexibility index (Phi) is 4.89. The second-order valence-corrected chi connectivity index (χ2v) is 4.08. The summed E-state index contributed by atoms with van der Waals surface area (Å²) in [6.45, 7) is 0. The van der Waals surface area contributed by atoms with Gasteiger partial charge in [0.25, 0.3) is 0 Å². The van der Waals surface area contributed by atoms with Gasteiger partial charge < -0.3 is 9.64 Å². The van der Waals surface area contributed by atoms with Crippen LogP contribution in [0.25, 0.3) is 0 Å². The van der Waals surface area contributed by atoms with Crippen LogP contribution in [0.3, 0.4) is 0 Å². The molecule has 1 aromatic carbocycles. The molecule has 0 saturated heterocycles. The Labute approximate surface area is 108 Å². The van der Waals surface area contributed by atoms with Crippen molar-refractivity contribution >= 4 is 22.6 Å². The Morgan fingerprint density at radius 1 is 1.28 bits per heavy atom. The van der Waals surface area contributed by atoms with Gasteiger partial charge in [-0.05, 0) is 30.5 Å². The number of hydrogen-bond acceptors (Lipinski definition) is 3. The van der Waals surface area contributed by atoms with E-state index in [1.165, 1.54) is 23.9 Å². The summed E-state index contributed by atoms with van der Waals surface area (Å²) in [7, 11) is 3.45. The number of benzene rings is 1. The fraction of sp³-hybridized carbons (Fsp3) is 0.364. The predicted molar refractivity (Wildman–Crippen MR) is 68.4 cm³/mol. The molecular weight excluding hydrogens is 265 g/mol. The maximum absolute atomic E-state index is 12.0. The van der Waals surface area contributed by atoms with Gasteiger partial charge in [-0.1, -0.05) is 11.8 Å². The first-order chi connectivity index (χ1) is 8.37. The monoisotopic (exact) mass is 278 g/mol. The molecule has 3 nitrogen and oxygen atoms in total. The van der Waals surface area contributed by atoms with Gasteiger partial charge in [0.1, 0.15) is 5.75 Å². The Bertz CT molecular complexity index is 417. The summed E-state index contributed by atoms with van der Waals surface area (Å²) in [5.74, 6) is -0.237. The van der Waals surface area contributed by atoms with Crippen molar-refractivity contribution < 1.29 is 17.9 Å². The molecule has 18 heavy (non-hydrogen) atoms. The molecule has 1 aromatic rings. The molecule has 0 saturated carbocycles. The van der Waals surface area contributed by atoms with Crippen LogP contribution in [0.5, 0.6) is 5.75 Å². The molecular formula is C11H13F3N2OS. The van der Waals surface area contributed by atoms with E-state index < -0.39 is 6.36 Å². The first kappa shape index (κ1) is 14.7. The maximum atomic E-state index is 12.0. The quantitative estimate of drug-likeness (QED) is 0.612. The minimum atomic E-state index is -4.66. The molecule has 100 valence electrons. The van der Waals surface area contributed by atoms with E-state index in [4.69, 9.17) is 0 Å². The van der Waals surface area contributed by atoms with E-state index in [0.717, 1.165) is 10.9 Å². The maximum Gasteiger partial charge on any atom is 0.573 e. The highest BCUT2D eigenvalue weighted by molar-refractivity contribution is 8.13. The van der Waals surface area contributed by atoms with E-state index in [1.54, 1.807) is 31.1 Å². The lowest BCUT2D eigenvalue weighted by atomic mass is 10.3. The number of alkyl halides is 3. The third-order valence-electron chi connectivity index (χ3n) is 2.12. The largest absolute Gasteiger partial charge is 0.573 e. The number of aliphatic imine (C=N–C) groups is 1. The Balaban J connectivity index is 2.83. The Morgan fingerprint density at radius 3 is 2.22 bits per heavy atom. The van der Waals surface area contributed by atoms with Crippen LogP contribution in [-0.2, 0) is 0 Å². The summed E-state index contributed by atoms with van der Waals surface area (Å²) in [6, 6.07) is 5.63. The molecule has 0 N–H and O–H groups in total. The summed E-state index contributed by atoms with van der Waals surface area (Å²) in [5.41, 5.74) is 0.736. The van der Waals surface area contributed by atoms with Crippen molar-refractivity contribution in [2.24, 2.45) is 4.99 Å². The van der Waals surface area contributed by atoms with Crippen molar-refractivity contribution in [2.75, 3.05) is 25.3 Å². The van der Waals surface area contributed by atoms with Gasteiger partial charge in [-0.2, -0.15) is 0 Å². The van der Waals surface area contributed by atoms with Crippen molar-refractivity contribution in [3.05, 3.63) is 24.3 Å². The van der Waals surface area contributed by atoms with Crippen LogP contribution in [0.1, 0.15) is 0 Å². The molecule has 0 bridgehead atoms. The van der Waals surface area contributed by atoms with Crippen LogP contribution in [0.2, 0.25) is 0 Å². The zero-order valence-electron chi connectivity index (χ0n) is 10.2. The molecule has 0 aliphatic heterocycles. The number of anilines is 1. The van der Waals surface area contributed by atoms with Crippen LogP contribution in [0, 0.1) is 0 Å². The van der Waals surface area contributed by atoms with Crippen LogP contribution in [0.15, 0.2) is 29.3 Å². The Hall–Kier alpha value is -1.37. The number of amidine groups is 1. The van der Waals surface area contributed by atoms with Gasteiger partial charge >= 0.3 is 6.36 Å². The Morgan fingerprint density at radius 2 is 1.83 bits per heavy atom. The molecule has 0 radical (unpaired) electrons.